The fraction of sp³-hybridized carbons (Fsp3) is 0. The molecule has 0 saturated heterocycles. The Morgan fingerprint density at radius 1 is 0.850 bits per heavy atom. The first kappa shape index (κ1) is 28.4. The van der Waals surface area contributed by atoms with E-state index in [9.17, 15) is 28.1 Å². The quantitative estimate of drug-likeness (QED) is 0.107. The van der Waals surface area contributed by atoms with Gasteiger partial charge in [0.05, 0.1) is 13.4 Å². The number of nitrogens with one attached hydrogen (secondary N) is 2. The largest absolute Gasteiger partial charge is 0.456 e. The van der Waals surface area contributed by atoms with Crippen molar-refractivity contribution in [2.24, 2.45) is 0 Å². The number of halogens is 1. The summed E-state index contributed by atoms with van der Waals surface area (Å²) in [6, 6.07) is 26.2. The summed E-state index contributed by atoms with van der Waals surface area (Å²) in [5, 5.41) is 13.3. The summed E-state index contributed by atoms with van der Waals surface area (Å²) in [7, 11) is -4.42. The second kappa shape index (κ2) is 12.5. The number of para-hydroxylation sites is 1. The monoisotopic (exact) mass is 669 g/mol. The van der Waals surface area contributed by atoms with Crippen LogP contribution in [0.25, 0.3) is 6.08 Å². The van der Waals surface area contributed by atoms with Crippen LogP contribution in [0.15, 0.2) is 114 Å². The van der Waals surface area contributed by atoms with Crippen molar-refractivity contribution in [1.82, 2.24) is 10.0 Å². The van der Waals surface area contributed by atoms with Gasteiger partial charge in [0.25, 0.3) is 27.5 Å². The fourth-order valence-electron chi connectivity index (χ4n) is 3.38. The predicted molar refractivity (Wildman–Crippen MR) is 156 cm³/mol. The molecule has 0 unspecified atom stereocenters. The molecule has 10 nitrogen and oxygen atoms in total. The molecular weight excluding hydrogens is 649 g/mol. The minimum absolute atomic E-state index is 0.251. The van der Waals surface area contributed by atoms with Crippen molar-refractivity contribution in [3.63, 3.8) is 0 Å². The average Bonchev–Trinajstić information content (AvgIpc) is 2.95. The first-order chi connectivity index (χ1) is 19.1. The van der Waals surface area contributed by atoms with Gasteiger partial charge in [0.2, 0.25) is 0 Å². The number of nitro benzene ring substituents is 1. The van der Waals surface area contributed by atoms with Gasteiger partial charge in [-0.25, -0.2) is 13.1 Å². The highest BCUT2D eigenvalue weighted by Gasteiger charge is 2.23. The van der Waals surface area contributed by atoms with E-state index >= 15 is 0 Å². The van der Waals surface area contributed by atoms with Crippen LogP contribution in [0, 0.1) is 13.7 Å². The van der Waals surface area contributed by atoms with Crippen molar-refractivity contribution >= 4 is 56.2 Å². The maximum absolute atomic E-state index is 13.1. The second-order valence-corrected chi connectivity index (χ2v) is 11.0. The van der Waals surface area contributed by atoms with Gasteiger partial charge >= 0.3 is 0 Å². The fourth-order valence-corrected chi connectivity index (χ4v) is 4.84. The van der Waals surface area contributed by atoms with Gasteiger partial charge in [-0.1, -0.05) is 42.5 Å². The van der Waals surface area contributed by atoms with Gasteiger partial charge in [0, 0.05) is 17.7 Å². The molecular formula is C28H20IN3O7S. The summed E-state index contributed by atoms with van der Waals surface area (Å²) < 4.78 is 34.3. The van der Waals surface area contributed by atoms with Crippen LogP contribution < -0.4 is 14.8 Å². The normalized spacial score (nSPS) is 11.4. The number of hydrogen-bond acceptors (Lipinski definition) is 7. The number of hydrogen-bond donors (Lipinski definition) is 2. The van der Waals surface area contributed by atoms with Crippen molar-refractivity contribution in [2.75, 3.05) is 0 Å². The Morgan fingerprint density at radius 2 is 1.48 bits per heavy atom. The molecule has 0 fully saturated rings. The molecule has 4 rings (SSSR count). The summed E-state index contributed by atoms with van der Waals surface area (Å²) in [6.45, 7) is 0. The van der Waals surface area contributed by atoms with Gasteiger partial charge in [-0.15, -0.1) is 0 Å². The Labute approximate surface area is 243 Å². The second-order valence-electron chi connectivity index (χ2n) is 8.17. The number of non-ortho nitro benzene ring substituents is 1. The van der Waals surface area contributed by atoms with Crippen LogP contribution in [-0.4, -0.2) is 25.2 Å². The lowest BCUT2D eigenvalue weighted by molar-refractivity contribution is -0.384. The molecule has 0 heterocycles. The molecule has 0 atom stereocenters. The molecule has 0 aromatic heterocycles. The number of rotatable bonds is 9. The summed E-state index contributed by atoms with van der Waals surface area (Å²) in [6.07, 6.45) is 1.32. The molecule has 0 spiro atoms. The third-order valence-electron chi connectivity index (χ3n) is 5.37. The van der Waals surface area contributed by atoms with Crippen molar-refractivity contribution in [1.29, 1.82) is 0 Å². The van der Waals surface area contributed by atoms with Gasteiger partial charge in [0.15, 0.2) is 0 Å². The Bertz CT molecular complexity index is 1690. The van der Waals surface area contributed by atoms with Crippen molar-refractivity contribution in [3.05, 3.63) is 134 Å². The lowest BCUT2D eigenvalue weighted by Gasteiger charge is -2.12. The number of amides is 2. The zero-order valence-corrected chi connectivity index (χ0v) is 23.5. The molecule has 0 aliphatic carbocycles. The van der Waals surface area contributed by atoms with Crippen LogP contribution in [0.3, 0.4) is 0 Å². The van der Waals surface area contributed by atoms with E-state index in [0.717, 1.165) is 27.8 Å². The molecule has 40 heavy (non-hydrogen) atoms. The standard InChI is InChI=1S/C28H20IN3O7S/c29-24-8-4-5-9-26(24)39-22-14-10-19(11-15-22)18-25(30-27(33)20-6-2-1-3-7-20)28(34)31-40(37,38)23-16-12-21(13-17-23)32(35)36/h1-18H,(H,30,33)(H,31,34). The number of nitrogens with zero attached hydrogens (tertiary/aromatic N) is 1. The van der Waals surface area contributed by atoms with Crippen LogP contribution in [-0.2, 0) is 14.8 Å². The summed E-state index contributed by atoms with van der Waals surface area (Å²) in [4.78, 5) is 35.8. The highest BCUT2D eigenvalue weighted by atomic mass is 127. The summed E-state index contributed by atoms with van der Waals surface area (Å²) in [5.74, 6) is -0.547. The van der Waals surface area contributed by atoms with Gasteiger partial charge in [-0.2, -0.15) is 0 Å². The molecule has 2 N–H and O–H groups in total. The number of benzene rings is 4. The van der Waals surface area contributed by atoms with E-state index in [1.165, 1.54) is 18.2 Å². The number of carbonyl (C=O) groups is 2. The maximum Gasteiger partial charge on any atom is 0.281 e. The molecule has 12 heteroatoms. The van der Waals surface area contributed by atoms with E-state index in [4.69, 9.17) is 4.74 Å². The van der Waals surface area contributed by atoms with Gasteiger partial charge in [-0.3, -0.25) is 19.7 Å². The number of carbonyl (C=O) groups excluding carboxylic acids is 2. The lowest BCUT2D eigenvalue weighted by Crippen LogP contribution is -2.38. The zero-order chi connectivity index (χ0) is 28.7. The van der Waals surface area contributed by atoms with E-state index < -0.39 is 26.8 Å². The van der Waals surface area contributed by atoms with Crippen LogP contribution in [0.4, 0.5) is 5.69 Å². The molecule has 2 amide bonds. The van der Waals surface area contributed by atoms with Crippen molar-refractivity contribution < 1.29 is 27.7 Å². The van der Waals surface area contributed by atoms with E-state index in [-0.39, 0.29) is 21.8 Å². The Balaban J connectivity index is 1.60. The summed E-state index contributed by atoms with van der Waals surface area (Å²) in [5.41, 5.74) is 0.0722. The highest BCUT2D eigenvalue weighted by Crippen LogP contribution is 2.27. The molecule has 202 valence electrons. The molecule has 0 aliphatic heterocycles. The van der Waals surface area contributed by atoms with Crippen LogP contribution >= 0.6 is 22.6 Å². The maximum atomic E-state index is 13.1. The molecule has 4 aromatic rings. The summed E-state index contributed by atoms with van der Waals surface area (Å²) >= 11 is 2.15. The molecule has 0 saturated carbocycles. The molecule has 0 bridgehead atoms. The minimum Gasteiger partial charge on any atom is -0.456 e. The predicted octanol–water partition coefficient (Wildman–Crippen LogP) is 5.27. The van der Waals surface area contributed by atoms with Crippen LogP contribution in [0.5, 0.6) is 11.5 Å². The van der Waals surface area contributed by atoms with E-state index in [2.05, 4.69) is 27.9 Å². The molecule has 0 radical (unpaired) electrons. The Kier molecular flexibility index (Phi) is 8.91. The zero-order valence-electron chi connectivity index (χ0n) is 20.5. The first-order valence-corrected chi connectivity index (χ1v) is 14.1. The Hall–Kier alpha value is -4.56. The average molecular weight is 669 g/mol. The first-order valence-electron chi connectivity index (χ1n) is 11.5. The SMILES string of the molecule is O=C(NS(=O)(=O)c1ccc([N+](=O)[O-])cc1)C(=Cc1ccc(Oc2ccccc2I)cc1)NC(=O)c1ccccc1. The van der Waals surface area contributed by atoms with Crippen LogP contribution in [0.1, 0.15) is 15.9 Å². The molecule has 0 aliphatic rings. The Morgan fingerprint density at radius 3 is 2.10 bits per heavy atom. The van der Waals surface area contributed by atoms with Gasteiger partial charge < -0.3 is 10.1 Å². The third-order valence-corrected chi connectivity index (χ3v) is 7.61. The lowest BCUT2D eigenvalue weighted by atomic mass is 10.1. The highest BCUT2D eigenvalue weighted by molar-refractivity contribution is 14.1. The van der Waals surface area contributed by atoms with E-state index in [0.29, 0.717) is 17.1 Å². The van der Waals surface area contributed by atoms with Crippen molar-refractivity contribution in [2.45, 2.75) is 4.90 Å². The van der Waals surface area contributed by atoms with Gasteiger partial charge in [-0.05, 0) is 82.8 Å². The third kappa shape index (κ3) is 7.30. The smallest absolute Gasteiger partial charge is 0.281 e. The number of ether oxygens (including phenoxy) is 1. The van der Waals surface area contributed by atoms with Crippen LogP contribution in [0.2, 0.25) is 0 Å². The topological polar surface area (TPSA) is 145 Å². The number of sulfonamides is 1. The molecule has 4 aromatic carbocycles. The number of nitro groups is 1. The van der Waals surface area contributed by atoms with Crippen molar-refractivity contribution in [3.8, 4) is 11.5 Å². The van der Waals surface area contributed by atoms with E-state index in [1.54, 1.807) is 42.5 Å². The van der Waals surface area contributed by atoms with E-state index in [1.807, 2.05) is 29.0 Å². The minimum atomic E-state index is -4.42. The van der Waals surface area contributed by atoms with Gasteiger partial charge in [0.1, 0.15) is 17.2 Å².